The third-order valence-electron chi connectivity index (χ3n) is 7.50. The van der Waals surface area contributed by atoms with E-state index in [0.29, 0.717) is 75.4 Å². The molecule has 0 radical (unpaired) electrons. The van der Waals surface area contributed by atoms with Gasteiger partial charge in [-0.3, -0.25) is 0 Å². The van der Waals surface area contributed by atoms with Crippen LogP contribution in [-0.2, 0) is 19.1 Å². The molecule has 0 aromatic heterocycles. The molecule has 3 saturated heterocycles. The molecule has 246 valence electrons. The summed E-state index contributed by atoms with van der Waals surface area (Å²) in [5.74, 6) is 1.26. The van der Waals surface area contributed by atoms with E-state index in [1.165, 1.54) is 0 Å². The van der Waals surface area contributed by atoms with Crippen LogP contribution >= 0.6 is 23.5 Å². The first-order chi connectivity index (χ1) is 20.9. The van der Waals surface area contributed by atoms with Crippen LogP contribution in [0, 0.1) is 0 Å². The van der Waals surface area contributed by atoms with Crippen molar-refractivity contribution in [3.05, 3.63) is 24.3 Å². The lowest BCUT2D eigenvalue weighted by Crippen LogP contribution is -2.42. The average molecular weight is 655 g/mol. The van der Waals surface area contributed by atoms with Crippen molar-refractivity contribution in [2.45, 2.75) is 26.1 Å². The van der Waals surface area contributed by atoms with Crippen LogP contribution in [0.1, 0.15) is 13.8 Å². The molecule has 13 nitrogen and oxygen atoms in total. The van der Waals surface area contributed by atoms with E-state index in [-0.39, 0.29) is 42.3 Å². The maximum Gasteiger partial charge on any atom is 0.333 e. The van der Waals surface area contributed by atoms with E-state index in [0.717, 1.165) is 0 Å². The predicted octanol–water partition coefficient (Wildman–Crippen LogP) is 1.90. The van der Waals surface area contributed by atoms with Gasteiger partial charge in [-0.25, -0.2) is 24.0 Å². The number of nitrogens with zero attached hydrogens (tertiary/aromatic N) is 6. The van der Waals surface area contributed by atoms with Crippen LogP contribution in [0.4, 0.5) is 14.4 Å². The molecule has 3 fully saturated rings. The molecule has 0 N–H and O–H groups in total. The highest BCUT2D eigenvalue weighted by atomic mass is 32.2. The minimum atomic E-state index is -0.551. The highest BCUT2D eigenvalue weighted by Gasteiger charge is 2.34. The van der Waals surface area contributed by atoms with Crippen molar-refractivity contribution in [3.8, 4) is 0 Å². The lowest BCUT2D eigenvalue weighted by atomic mass is 10.3. The maximum absolute atomic E-state index is 13.4. The third-order valence-corrected chi connectivity index (χ3v) is 9.65. The number of thioether (sulfide) groups is 2. The van der Waals surface area contributed by atoms with Gasteiger partial charge in [0.25, 0.3) is 0 Å². The first kappa shape index (κ1) is 35.4. The van der Waals surface area contributed by atoms with Crippen LogP contribution in [0.2, 0.25) is 0 Å². The summed E-state index contributed by atoms with van der Waals surface area (Å²) in [4.78, 5) is 72.6. The Morgan fingerprint density at radius 3 is 1.34 bits per heavy atom. The van der Waals surface area contributed by atoms with Gasteiger partial charge in [-0.2, -0.15) is 23.5 Å². The van der Waals surface area contributed by atoms with Gasteiger partial charge >= 0.3 is 30.0 Å². The van der Waals surface area contributed by atoms with Gasteiger partial charge < -0.3 is 38.9 Å². The Hall–Kier alpha value is -3.07. The highest BCUT2D eigenvalue weighted by Crippen LogP contribution is 2.18. The predicted molar refractivity (Wildman–Crippen MR) is 172 cm³/mol. The van der Waals surface area contributed by atoms with Crippen molar-refractivity contribution in [1.29, 1.82) is 0 Å². The first-order valence-electron chi connectivity index (χ1n) is 14.8. The number of carbonyl (C=O) groups is 5. The Labute approximate surface area is 268 Å². The smallest absolute Gasteiger partial charge is 0.333 e. The number of likely N-dealkylation sites (N-methyl/N-ethyl adjacent to an activating group) is 2. The number of urea groups is 3. The quantitative estimate of drug-likeness (QED) is 0.124. The van der Waals surface area contributed by atoms with E-state index in [1.54, 1.807) is 80.9 Å². The minimum absolute atomic E-state index is 0.0128. The summed E-state index contributed by atoms with van der Waals surface area (Å²) in [5, 5.41) is 0. The molecular weight excluding hydrogens is 608 g/mol. The summed E-state index contributed by atoms with van der Waals surface area (Å²) in [6.45, 7) is 15.8. The van der Waals surface area contributed by atoms with E-state index < -0.39 is 24.1 Å². The van der Waals surface area contributed by atoms with Crippen molar-refractivity contribution < 1.29 is 33.4 Å². The lowest BCUT2D eigenvalue weighted by Gasteiger charge is -2.26. The number of esters is 2. The Balaban J connectivity index is 1.52. The molecule has 3 heterocycles. The summed E-state index contributed by atoms with van der Waals surface area (Å²) >= 11 is 3.13. The monoisotopic (exact) mass is 654 g/mol. The third kappa shape index (κ3) is 10.2. The van der Waals surface area contributed by atoms with Crippen molar-refractivity contribution in [1.82, 2.24) is 29.4 Å². The molecule has 2 unspecified atom stereocenters. The number of rotatable bonds is 18. The Morgan fingerprint density at radius 1 is 0.659 bits per heavy atom. The SMILES string of the molecule is C=C(C)C(=O)OC(CSCCN1CCN(C)C1=O)CN1CCN(CC(CSCCN2CCN(C)C2=O)OC(=O)C(=C)C)C1=O. The minimum Gasteiger partial charge on any atom is -0.456 e. The largest absolute Gasteiger partial charge is 0.456 e. The van der Waals surface area contributed by atoms with E-state index in [4.69, 9.17) is 9.47 Å². The maximum atomic E-state index is 13.4. The van der Waals surface area contributed by atoms with Crippen LogP contribution < -0.4 is 0 Å². The van der Waals surface area contributed by atoms with Gasteiger partial charge in [-0.1, -0.05) is 13.2 Å². The van der Waals surface area contributed by atoms with Gasteiger partial charge in [-0.05, 0) is 13.8 Å². The number of amides is 6. The Morgan fingerprint density at radius 2 is 1.02 bits per heavy atom. The van der Waals surface area contributed by atoms with Crippen LogP contribution in [0.25, 0.3) is 0 Å². The molecular formula is C29H46N6O7S2. The molecule has 2 atom stereocenters. The molecule has 3 aliphatic rings. The molecule has 0 aromatic rings. The standard InChI is InChI=1S/C29H46N6O7S2/c1-21(2)25(36)41-23(19-43-15-13-32-9-7-30(5)27(32)38)17-34-11-12-35(29(34)40)18-24(42-26(37)22(3)4)20-44-16-14-33-10-8-31(6)28(33)39/h23-24H,1,3,7-20H2,2,4-6H3. The van der Waals surface area contributed by atoms with Gasteiger partial charge in [0.1, 0.15) is 12.2 Å². The number of carbonyl (C=O) groups excluding carboxylic acids is 5. The molecule has 44 heavy (non-hydrogen) atoms. The molecule has 0 bridgehead atoms. The number of hydrogen-bond acceptors (Lipinski definition) is 9. The molecule has 0 spiro atoms. The van der Waals surface area contributed by atoms with Crippen molar-refractivity contribution >= 4 is 53.6 Å². The van der Waals surface area contributed by atoms with Gasteiger partial charge in [0.15, 0.2) is 0 Å². The summed E-state index contributed by atoms with van der Waals surface area (Å²) in [7, 11) is 3.56. The van der Waals surface area contributed by atoms with Gasteiger partial charge in [-0.15, -0.1) is 0 Å². The van der Waals surface area contributed by atoms with E-state index in [9.17, 15) is 24.0 Å². The normalized spacial score (nSPS) is 18.4. The zero-order chi connectivity index (χ0) is 32.4. The molecule has 0 aliphatic carbocycles. The molecule has 6 amide bonds. The summed E-state index contributed by atoms with van der Waals surface area (Å²) in [6.07, 6.45) is -1.10. The zero-order valence-corrected chi connectivity index (χ0v) is 28.0. The van der Waals surface area contributed by atoms with Gasteiger partial charge in [0.2, 0.25) is 0 Å². The van der Waals surface area contributed by atoms with Crippen LogP contribution in [0.5, 0.6) is 0 Å². The fourth-order valence-electron chi connectivity index (χ4n) is 4.82. The highest BCUT2D eigenvalue weighted by molar-refractivity contribution is 7.99. The molecule has 3 aliphatic heterocycles. The molecule has 3 rings (SSSR count). The molecule has 0 aromatic carbocycles. The second-order valence-electron chi connectivity index (χ2n) is 11.3. The number of ether oxygens (including phenoxy) is 2. The van der Waals surface area contributed by atoms with Crippen molar-refractivity contribution in [2.75, 3.05) is 103 Å². The fraction of sp³-hybridized carbons (Fsp3) is 0.690. The first-order valence-corrected chi connectivity index (χ1v) is 17.1. The van der Waals surface area contributed by atoms with E-state index >= 15 is 0 Å². The van der Waals surface area contributed by atoms with Crippen LogP contribution in [0.15, 0.2) is 24.3 Å². The van der Waals surface area contributed by atoms with Crippen LogP contribution in [0.3, 0.4) is 0 Å². The summed E-state index contributed by atoms with van der Waals surface area (Å²) in [6, 6.07) is -0.193. The lowest BCUT2D eigenvalue weighted by molar-refractivity contribution is -0.144. The van der Waals surface area contributed by atoms with E-state index in [1.807, 2.05) is 0 Å². The van der Waals surface area contributed by atoms with E-state index in [2.05, 4.69) is 13.2 Å². The fourth-order valence-corrected chi connectivity index (χ4v) is 6.72. The van der Waals surface area contributed by atoms with Gasteiger partial charge in [0.05, 0.1) is 13.1 Å². The average Bonchev–Trinajstić information content (AvgIpc) is 3.60. The summed E-state index contributed by atoms with van der Waals surface area (Å²) < 4.78 is 11.4. The number of hydrogen-bond donors (Lipinski definition) is 0. The Kier molecular flexibility index (Phi) is 13.6. The molecule has 0 saturated carbocycles. The van der Waals surface area contributed by atoms with Crippen LogP contribution in [-0.4, -0.2) is 174 Å². The molecule has 15 heteroatoms. The van der Waals surface area contributed by atoms with Crippen molar-refractivity contribution in [2.24, 2.45) is 0 Å². The van der Waals surface area contributed by atoms with Gasteiger partial charge in [0, 0.05) is 101 Å². The second-order valence-corrected chi connectivity index (χ2v) is 13.6. The van der Waals surface area contributed by atoms with Crippen molar-refractivity contribution in [3.63, 3.8) is 0 Å². The topological polar surface area (TPSA) is 123 Å². The summed E-state index contributed by atoms with van der Waals surface area (Å²) in [5.41, 5.74) is 0.557. The zero-order valence-electron chi connectivity index (χ0n) is 26.3. The Bertz CT molecular complexity index is 1030. The second kappa shape index (κ2) is 16.8.